The van der Waals surface area contributed by atoms with Gasteiger partial charge < -0.3 is 0 Å². The summed E-state index contributed by atoms with van der Waals surface area (Å²) in [4.78, 5) is 30.8. The predicted molar refractivity (Wildman–Crippen MR) is 607 cm³/mol. The van der Waals surface area contributed by atoms with Gasteiger partial charge in [-0.15, -0.1) is 0 Å². The molecule has 4 aromatic heterocycles. The van der Waals surface area contributed by atoms with E-state index in [1.54, 1.807) is 0 Å². The van der Waals surface area contributed by atoms with Crippen molar-refractivity contribution in [1.29, 1.82) is 0 Å². The first-order valence-electron chi connectivity index (χ1n) is 50.4. The van der Waals surface area contributed by atoms with Gasteiger partial charge in [-0.05, 0) is 252 Å². The molecular formula is C141H92N6. The number of benzene rings is 22. The van der Waals surface area contributed by atoms with Gasteiger partial charge in [0.25, 0.3) is 0 Å². The van der Waals surface area contributed by atoms with Crippen LogP contribution in [-0.4, -0.2) is 29.9 Å². The number of hydrogen-bond acceptors (Lipinski definition) is 6. The summed E-state index contributed by atoms with van der Waals surface area (Å²) in [6.45, 7) is 0. The summed E-state index contributed by atoms with van der Waals surface area (Å²) < 4.78 is 0. The van der Waals surface area contributed by atoms with E-state index in [9.17, 15) is 0 Å². The van der Waals surface area contributed by atoms with Gasteiger partial charge in [-0.2, -0.15) is 0 Å². The number of hydrogen-bond donors (Lipinski definition) is 0. The molecule has 0 atom stereocenters. The predicted octanol–water partition coefficient (Wildman–Crippen LogP) is 34.8. The van der Waals surface area contributed by atoms with Crippen LogP contribution >= 0.6 is 0 Å². The number of rotatable bonds is 14. The fourth-order valence-electron chi connectivity index (χ4n) is 23.8. The molecular weight excluding hydrogens is 1780 g/mol. The highest BCUT2D eigenvalue weighted by molar-refractivity contribution is 6.04. The van der Waals surface area contributed by atoms with Gasteiger partial charge in [-0.1, -0.05) is 455 Å². The minimum atomic E-state index is -0.457. The van der Waals surface area contributed by atoms with Gasteiger partial charge in [0.05, 0.1) is 66.8 Å². The fourth-order valence-corrected chi connectivity index (χ4v) is 23.8. The molecule has 3 aliphatic rings. The van der Waals surface area contributed by atoms with Crippen LogP contribution in [0.1, 0.15) is 66.8 Å². The van der Waals surface area contributed by atoms with Crippen molar-refractivity contribution in [3.63, 3.8) is 0 Å². The third kappa shape index (κ3) is 14.8. The van der Waals surface area contributed by atoms with E-state index >= 15 is 0 Å². The van der Waals surface area contributed by atoms with Crippen LogP contribution in [0.25, 0.3) is 188 Å². The quantitative estimate of drug-likeness (QED) is 0.108. The molecule has 0 unspecified atom stereocenters. The van der Waals surface area contributed by atoms with Crippen LogP contribution in [0.2, 0.25) is 0 Å². The number of pyridine rings is 2. The molecule has 0 bridgehead atoms. The summed E-state index contributed by atoms with van der Waals surface area (Å²) >= 11 is 0. The zero-order valence-electron chi connectivity index (χ0n) is 80.3. The number of fused-ring (bicyclic) bond motifs is 15. The molecule has 0 spiro atoms. The Bertz CT molecular complexity index is 9440. The zero-order valence-corrected chi connectivity index (χ0v) is 80.3. The van der Waals surface area contributed by atoms with Crippen molar-refractivity contribution in [1.82, 2.24) is 29.9 Å². The van der Waals surface area contributed by atoms with Gasteiger partial charge >= 0.3 is 0 Å². The van der Waals surface area contributed by atoms with Gasteiger partial charge in [0.15, 0.2) is 5.82 Å². The van der Waals surface area contributed by atoms with Crippen molar-refractivity contribution in [2.24, 2.45) is 0 Å². The highest BCUT2D eigenvalue weighted by atomic mass is 14.9. The van der Waals surface area contributed by atoms with E-state index < -0.39 is 16.2 Å². The first kappa shape index (κ1) is 86.9. The monoisotopic (exact) mass is 1870 g/mol. The standard InChI is InChI=1S/2C49H32N2.C43H28N2/c1-5-15-33(16-6-1)47-43-31-38(26-28-46(43)50-48(51-47)34-17-7-2-8-18-34)37-25-27-44-41(30-37)42-29-35-19-13-14-20-36(35)32-45(42)49(44,39-21-9-3-10-22-39)40-23-11-4-12-24-40;1-5-15-33(16-6-1)47-48(34-17-7-2-8-18-34)51-46-32-38(26-28-45(46)50-47)37-25-27-43-41(30-37)42-29-35-19-13-14-20-36(35)31-44(42)49(43,39-21-9-3-10-22-39)40-23-11-4-12-24-40;1-4-13-29(14-5-1)42-35-21-12-24-44-41(35)28-40(45-42)32-22-23-38-36(26-32)37-25-30-15-10-11-16-31(30)27-39(37)43(38,33-17-6-2-7-18-33)34-19-8-3-9-20-34/h2*1-32H;1-28H. The second-order valence-corrected chi connectivity index (χ2v) is 38.5. The largest absolute Gasteiger partial charge is 0.256 e. The Balaban J connectivity index is 0.000000109. The third-order valence-electron chi connectivity index (χ3n) is 30.4. The first-order chi connectivity index (χ1) is 72.8. The molecule has 0 N–H and O–H groups in total. The van der Waals surface area contributed by atoms with Gasteiger partial charge in [-0.25, -0.2) is 24.9 Å². The van der Waals surface area contributed by atoms with Crippen LogP contribution < -0.4 is 0 Å². The molecule has 147 heavy (non-hydrogen) atoms. The summed E-state index contributed by atoms with van der Waals surface area (Å²) in [5.74, 6) is 0.731. The van der Waals surface area contributed by atoms with Crippen molar-refractivity contribution < 1.29 is 0 Å². The molecule has 26 aromatic rings. The number of nitrogens with zero attached hydrogens (tertiary/aromatic N) is 6. The van der Waals surface area contributed by atoms with E-state index in [1.165, 1.54) is 132 Å². The van der Waals surface area contributed by atoms with Gasteiger partial charge in [0, 0.05) is 50.4 Å². The van der Waals surface area contributed by atoms with E-state index in [-0.39, 0.29) is 0 Å². The van der Waals surface area contributed by atoms with Crippen LogP contribution in [0.15, 0.2) is 558 Å². The summed E-state index contributed by atoms with van der Waals surface area (Å²) in [6.07, 6.45) is 1.86. The van der Waals surface area contributed by atoms with E-state index in [0.29, 0.717) is 0 Å². The highest BCUT2D eigenvalue weighted by Crippen LogP contribution is 2.62. The SMILES string of the molecule is c1ccc(-c2nc(-c3ccc4c(c3)-c3cc5ccccc5cc3C4(c3ccccc3)c3ccccc3)cc3ncccc23)cc1.c1ccc(-c2nc(-c3ccccc3)c3cc(-c4ccc5c(c4)-c4cc6ccccc6cc4C5(c4ccccc4)c4ccccc4)ccc3n2)cc1.c1ccc(-c2nc3ccc(-c4ccc5c(c4)-c4cc6ccccc6cc4C5(c4ccccc4)c4ccccc4)cc3nc2-c2ccccc2)cc1. The van der Waals surface area contributed by atoms with Crippen LogP contribution in [0.4, 0.5) is 0 Å². The summed E-state index contributed by atoms with van der Waals surface area (Å²) in [7, 11) is 0. The molecule has 6 nitrogen and oxygen atoms in total. The lowest BCUT2D eigenvalue weighted by molar-refractivity contribution is 0.769. The Hall–Kier alpha value is -19.1. The van der Waals surface area contributed by atoms with Gasteiger partial charge in [-0.3, -0.25) is 4.98 Å². The topological polar surface area (TPSA) is 77.3 Å². The van der Waals surface area contributed by atoms with E-state index in [1.807, 2.05) is 54.7 Å². The van der Waals surface area contributed by atoms with Gasteiger partial charge in [0.1, 0.15) is 0 Å². The van der Waals surface area contributed by atoms with Crippen molar-refractivity contribution >= 4 is 65.2 Å². The van der Waals surface area contributed by atoms with Crippen LogP contribution in [0.5, 0.6) is 0 Å². The molecule has 29 rings (SSSR count). The molecule has 0 saturated carbocycles. The van der Waals surface area contributed by atoms with E-state index in [4.69, 9.17) is 29.9 Å². The Morgan fingerprint density at radius 3 is 0.810 bits per heavy atom. The lowest BCUT2D eigenvalue weighted by atomic mass is 9.67. The van der Waals surface area contributed by atoms with E-state index in [2.05, 4.69) is 504 Å². The summed E-state index contributed by atoms with van der Waals surface area (Å²) in [5, 5.41) is 9.56. The minimum absolute atomic E-state index is 0.455. The normalized spacial score (nSPS) is 12.9. The molecule has 22 aromatic carbocycles. The molecule has 686 valence electrons. The molecule has 6 heteroatoms. The maximum atomic E-state index is 5.29. The molecule has 0 aliphatic heterocycles. The molecule has 3 aliphatic carbocycles. The Labute approximate surface area is 853 Å². The van der Waals surface area contributed by atoms with Crippen molar-refractivity contribution in [3.8, 4) is 123 Å². The maximum absolute atomic E-state index is 5.29. The van der Waals surface area contributed by atoms with Crippen molar-refractivity contribution in [2.75, 3.05) is 0 Å². The fraction of sp³-hybridized carbons (Fsp3) is 0.0213. The summed E-state index contributed by atoms with van der Waals surface area (Å²) in [6, 6.07) is 199. The lowest BCUT2D eigenvalue weighted by Gasteiger charge is -2.34. The first-order valence-corrected chi connectivity index (χ1v) is 50.4. The molecule has 0 radical (unpaired) electrons. The average molecular weight is 1870 g/mol. The molecule has 4 heterocycles. The number of aromatic nitrogens is 6. The smallest absolute Gasteiger partial charge is 0.160 e. The van der Waals surface area contributed by atoms with Crippen molar-refractivity contribution in [3.05, 3.63) is 625 Å². The Kier molecular flexibility index (Phi) is 21.5. The minimum Gasteiger partial charge on any atom is -0.256 e. The van der Waals surface area contributed by atoms with Crippen LogP contribution in [0, 0.1) is 0 Å². The molecule has 0 amide bonds. The third-order valence-corrected chi connectivity index (χ3v) is 30.4. The highest BCUT2D eigenvalue weighted by Gasteiger charge is 2.50. The molecule has 0 saturated heterocycles. The lowest BCUT2D eigenvalue weighted by Crippen LogP contribution is -2.28. The maximum Gasteiger partial charge on any atom is 0.160 e. The van der Waals surface area contributed by atoms with E-state index in [0.717, 1.165) is 123 Å². The Morgan fingerprint density at radius 1 is 0.143 bits per heavy atom. The van der Waals surface area contributed by atoms with Crippen LogP contribution in [-0.2, 0) is 16.2 Å². The average Bonchev–Trinajstić information content (AvgIpc) is 1.54. The Morgan fingerprint density at radius 2 is 0.429 bits per heavy atom. The summed E-state index contributed by atoms with van der Waals surface area (Å²) in [5.41, 5.74) is 40.8. The second-order valence-electron chi connectivity index (χ2n) is 38.5. The van der Waals surface area contributed by atoms with Gasteiger partial charge in [0.2, 0.25) is 0 Å². The molecule has 0 fully saturated rings. The second kappa shape index (κ2) is 36.4. The zero-order chi connectivity index (χ0) is 97.4. The van der Waals surface area contributed by atoms with Crippen molar-refractivity contribution in [2.45, 2.75) is 16.2 Å². The van der Waals surface area contributed by atoms with Crippen LogP contribution in [0.3, 0.4) is 0 Å².